The highest BCUT2D eigenvalue weighted by molar-refractivity contribution is 9.10. The Hall–Kier alpha value is -2.20. The van der Waals surface area contributed by atoms with E-state index in [1.165, 1.54) is 16.7 Å². The number of thioether (sulfide) groups is 1. The van der Waals surface area contributed by atoms with Crippen LogP contribution in [0.5, 0.6) is 0 Å². The zero-order chi connectivity index (χ0) is 19.6. The first-order chi connectivity index (χ1) is 12.9. The second-order valence-corrected chi connectivity index (χ2v) is 7.48. The molecule has 2 aromatic heterocycles. The molecule has 0 bridgehead atoms. The van der Waals surface area contributed by atoms with Gasteiger partial charge in [0.2, 0.25) is 5.91 Å². The highest BCUT2D eigenvalue weighted by atomic mass is 79.9. The molecule has 27 heavy (non-hydrogen) atoms. The number of benzene rings is 1. The number of halogens is 2. The molecule has 142 valence electrons. The molecule has 1 N–H and O–H groups in total. The predicted octanol–water partition coefficient (Wildman–Crippen LogP) is 3.27. The lowest BCUT2D eigenvalue weighted by molar-refractivity contribution is -0.113. The summed E-state index contributed by atoms with van der Waals surface area (Å²) >= 11 is 4.29. The van der Waals surface area contributed by atoms with Gasteiger partial charge in [-0.05, 0) is 32.0 Å². The van der Waals surface area contributed by atoms with Crippen LogP contribution in [0.3, 0.4) is 0 Å². The summed E-state index contributed by atoms with van der Waals surface area (Å²) in [5, 5.41) is 7.19. The molecule has 0 atom stereocenters. The molecule has 0 saturated heterocycles. The number of carbonyl (C=O) groups excluding carboxylic acids is 1. The Bertz CT molecular complexity index is 1070. The average Bonchev–Trinajstić information content (AvgIpc) is 3.06. The van der Waals surface area contributed by atoms with Gasteiger partial charge in [0.15, 0.2) is 10.7 Å². The van der Waals surface area contributed by atoms with Crippen LogP contribution in [0.25, 0.3) is 11.0 Å². The van der Waals surface area contributed by atoms with Crippen LogP contribution in [-0.4, -0.2) is 31.0 Å². The van der Waals surface area contributed by atoms with E-state index >= 15 is 0 Å². The molecule has 0 aliphatic carbocycles. The minimum Gasteiger partial charge on any atom is -0.323 e. The molecule has 2 heterocycles. The van der Waals surface area contributed by atoms with Gasteiger partial charge in [0, 0.05) is 17.6 Å². The molecule has 0 aliphatic heterocycles. The van der Waals surface area contributed by atoms with Gasteiger partial charge in [-0.25, -0.2) is 9.37 Å². The van der Waals surface area contributed by atoms with Crippen molar-refractivity contribution in [1.29, 1.82) is 0 Å². The molecule has 0 unspecified atom stereocenters. The highest BCUT2D eigenvalue weighted by Gasteiger charge is 2.15. The van der Waals surface area contributed by atoms with Crippen LogP contribution in [0.1, 0.15) is 13.8 Å². The van der Waals surface area contributed by atoms with E-state index in [9.17, 15) is 14.0 Å². The van der Waals surface area contributed by atoms with Crippen molar-refractivity contribution < 1.29 is 9.18 Å². The number of aromatic nitrogens is 4. The maximum atomic E-state index is 13.8. The van der Waals surface area contributed by atoms with E-state index in [4.69, 9.17) is 0 Å². The summed E-state index contributed by atoms with van der Waals surface area (Å²) in [4.78, 5) is 29.2. The number of fused-ring (bicyclic) bond motifs is 1. The second-order valence-electron chi connectivity index (χ2n) is 5.62. The third-order valence-electron chi connectivity index (χ3n) is 3.81. The third kappa shape index (κ3) is 4.22. The summed E-state index contributed by atoms with van der Waals surface area (Å²) in [5.41, 5.74) is 0.665. The average molecular weight is 454 g/mol. The minimum absolute atomic E-state index is 0.00460. The Morgan fingerprint density at radius 3 is 2.78 bits per heavy atom. The Morgan fingerprint density at radius 1 is 1.33 bits per heavy atom. The Labute approximate surface area is 167 Å². The van der Waals surface area contributed by atoms with Gasteiger partial charge in [0.05, 0.1) is 17.6 Å². The van der Waals surface area contributed by atoms with Gasteiger partial charge >= 0.3 is 0 Å². The first-order valence-corrected chi connectivity index (χ1v) is 10.1. The Balaban J connectivity index is 1.79. The SMILES string of the molecule is CCn1cc2nc(SCC(=O)Nc3ccc(Br)cc3F)n(CC)c(=O)c2n1. The quantitative estimate of drug-likeness (QED) is 0.457. The van der Waals surface area contributed by atoms with Gasteiger partial charge < -0.3 is 5.32 Å². The van der Waals surface area contributed by atoms with Gasteiger partial charge in [0.25, 0.3) is 5.56 Å². The van der Waals surface area contributed by atoms with Crippen molar-refractivity contribution in [2.75, 3.05) is 11.1 Å². The zero-order valence-electron chi connectivity index (χ0n) is 14.7. The fourth-order valence-electron chi connectivity index (χ4n) is 2.48. The lowest BCUT2D eigenvalue weighted by atomic mass is 10.3. The number of nitrogens with zero attached hydrogens (tertiary/aromatic N) is 4. The summed E-state index contributed by atoms with van der Waals surface area (Å²) < 4.78 is 17.6. The van der Waals surface area contributed by atoms with E-state index < -0.39 is 5.82 Å². The van der Waals surface area contributed by atoms with Crippen LogP contribution in [0.15, 0.2) is 38.8 Å². The highest BCUT2D eigenvalue weighted by Crippen LogP contribution is 2.21. The van der Waals surface area contributed by atoms with Crippen LogP contribution < -0.4 is 10.9 Å². The van der Waals surface area contributed by atoms with Crippen molar-refractivity contribution in [2.24, 2.45) is 0 Å². The van der Waals surface area contributed by atoms with Crippen molar-refractivity contribution in [3.8, 4) is 0 Å². The van der Waals surface area contributed by atoms with Gasteiger partial charge in [-0.1, -0.05) is 27.7 Å². The number of carbonyl (C=O) groups is 1. The van der Waals surface area contributed by atoms with E-state index in [-0.39, 0.29) is 22.9 Å². The normalized spacial score (nSPS) is 11.1. The molecule has 7 nitrogen and oxygen atoms in total. The van der Waals surface area contributed by atoms with Crippen LogP contribution in [0.2, 0.25) is 0 Å². The Kier molecular flexibility index (Phi) is 5.95. The van der Waals surface area contributed by atoms with Crippen LogP contribution >= 0.6 is 27.7 Å². The maximum absolute atomic E-state index is 13.8. The fourth-order valence-corrected chi connectivity index (χ4v) is 3.68. The smallest absolute Gasteiger partial charge is 0.282 e. The van der Waals surface area contributed by atoms with E-state index in [1.54, 1.807) is 16.9 Å². The molecular formula is C17H17BrFN5O2S. The number of amides is 1. The molecule has 0 aliphatic rings. The standard InChI is InChI=1S/C17H17BrFN5O2S/c1-3-23-8-13-15(22-23)16(26)24(4-2)17(21-13)27-9-14(25)20-12-6-5-10(18)7-11(12)19/h5-8H,3-4,9H2,1-2H3,(H,20,25). The lowest BCUT2D eigenvalue weighted by Crippen LogP contribution is -2.23. The summed E-state index contributed by atoms with van der Waals surface area (Å²) in [7, 11) is 0. The van der Waals surface area contributed by atoms with Gasteiger partial charge in [-0.3, -0.25) is 18.8 Å². The molecule has 1 aromatic carbocycles. The predicted molar refractivity (Wildman–Crippen MR) is 107 cm³/mol. The molecule has 1 amide bonds. The summed E-state index contributed by atoms with van der Waals surface area (Å²) in [6.07, 6.45) is 1.71. The van der Waals surface area contributed by atoms with Crippen molar-refractivity contribution in [1.82, 2.24) is 19.3 Å². The van der Waals surface area contributed by atoms with E-state index in [0.29, 0.717) is 33.8 Å². The van der Waals surface area contributed by atoms with Crippen LogP contribution in [-0.2, 0) is 17.9 Å². The number of rotatable bonds is 6. The topological polar surface area (TPSA) is 81.8 Å². The minimum atomic E-state index is -0.528. The van der Waals surface area contributed by atoms with E-state index in [2.05, 4.69) is 31.3 Å². The van der Waals surface area contributed by atoms with Crippen molar-refractivity contribution in [3.63, 3.8) is 0 Å². The van der Waals surface area contributed by atoms with Crippen molar-refractivity contribution >= 4 is 50.3 Å². The molecule has 0 spiro atoms. The first kappa shape index (κ1) is 19.6. The van der Waals surface area contributed by atoms with Gasteiger partial charge in [0.1, 0.15) is 11.3 Å². The maximum Gasteiger partial charge on any atom is 0.282 e. The summed E-state index contributed by atoms with van der Waals surface area (Å²) in [6.45, 7) is 4.79. The van der Waals surface area contributed by atoms with E-state index in [1.807, 2.05) is 13.8 Å². The molecule has 0 saturated carbocycles. The third-order valence-corrected chi connectivity index (χ3v) is 5.28. The number of anilines is 1. The molecule has 10 heteroatoms. The molecule has 0 radical (unpaired) electrons. The van der Waals surface area contributed by atoms with E-state index in [0.717, 1.165) is 11.8 Å². The Morgan fingerprint density at radius 2 is 2.11 bits per heavy atom. The largest absolute Gasteiger partial charge is 0.323 e. The number of aryl methyl sites for hydroxylation is 1. The number of nitrogens with one attached hydrogen (secondary N) is 1. The molecule has 3 rings (SSSR count). The van der Waals surface area contributed by atoms with Crippen molar-refractivity contribution in [3.05, 3.63) is 45.0 Å². The summed E-state index contributed by atoms with van der Waals surface area (Å²) in [5.74, 6) is -0.919. The molecule has 3 aromatic rings. The van der Waals surface area contributed by atoms with Crippen LogP contribution in [0, 0.1) is 5.82 Å². The van der Waals surface area contributed by atoms with Gasteiger partial charge in [-0.2, -0.15) is 5.10 Å². The first-order valence-electron chi connectivity index (χ1n) is 8.28. The molecule has 0 fully saturated rings. The van der Waals surface area contributed by atoms with Crippen molar-refractivity contribution in [2.45, 2.75) is 32.1 Å². The second kappa shape index (κ2) is 8.22. The van der Waals surface area contributed by atoms with Gasteiger partial charge in [-0.15, -0.1) is 0 Å². The lowest BCUT2D eigenvalue weighted by Gasteiger charge is -2.10. The number of hydrogen-bond acceptors (Lipinski definition) is 5. The fraction of sp³-hybridized carbons (Fsp3) is 0.294. The number of hydrogen-bond donors (Lipinski definition) is 1. The zero-order valence-corrected chi connectivity index (χ0v) is 17.1. The summed E-state index contributed by atoms with van der Waals surface area (Å²) in [6, 6.07) is 4.40. The molecular weight excluding hydrogens is 437 g/mol. The monoisotopic (exact) mass is 453 g/mol. The van der Waals surface area contributed by atoms with Crippen LogP contribution in [0.4, 0.5) is 10.1 Å².